The van der Waals surface area contributed by atoms with Crippen molar-refractivity contribution in [2.45, 2.75) is 27.2 Å². The Kier molecular flexibility index (Phi) is 5.84. The van der Waals surface area contributed by atoms with E-state index in [1.807, 2.05) is 13.8 Å². The number of hydrogen-bond acceptors (Lipinski definition) is 1. The fourth-order valence-electron chi connectivity index (χ4n) is 1.16. The highest BCUT2D eigenvalue weighted by Gasteiger charge is 2.11. The molecule has 0 aliphatic carbocycles. The van der Waals surface area contributed by atoms with Crippen LogP contribution in [0.15, 0.2) is 18.2 Å². The predicted molar refractivity (Wildman–Crippen MR) is 57.0 cm³/mol. The van der Waals surface area contributed by atoms with Gasteiger partial charge in [-0.25, -0.2) is 8.78 Å². The standard InChI is InChI=1S/C9H11F2N.C2H6/c1-6-7(9(10)11)4-3-5-8(6)12-2;1-2/h3-5,9,12H,1-2H3;1-2H3. The SMILES string of the molecule is CC.CNc1cccc(C(F)F)c1C. The van der Waals surface area contributed by atoms with Crippen molar-refractivity contribution in [3.8, 4) is 0 Å². The van der Waals surface area contributed by atoms with E-state index in [1.165, 1.54) is 6.07 Å². The third-order valence-electron chi connectivity index (χ3n) is 1.88. The molecule has 0 saturated heterocycles. The van der Waals surface area contributed by atoms with Crippen LogP contribution in [0.5, 0.6) is 0 Å². The van der Waals surface area contributed by atoms with Crippen LogP contribution in [-0.4, -0.2) is 7.05 Å². The van der Waals surface area contributed by atoms with E-state index >= 15 is 0 Å². The number of benzene rings is 1. The molecule has 1 rings (SSSR count). The van der Waals surface area contributed by atoms with Crippen LogP contribution in [0.2, 0.25) is 0 Å². The van der Waals surface area contributed by atoms with Crippen LogP contribution < -0.4 is 5.32 Å². The maximum absolute atomic E-state index is 12.3. The molecular formula is C11H17F2N. The molecule has 0 amide bonds. The van der Waals surface area contributed by atoms with Gasteiger partial charge in [-0.2, -0.15) is 0 Å². The molecule has 1 aromatic carbocycles. The van der Waals surface area contributed by atoms with E-state index in [9.17, 15) is 8.78 Å². The Morgan fingerprint density at radius 3 is 2.21 bits per heavy atom. The average Bonchev–Trinajstić information content (AvgIpc) is 2.21. The lowest BCUT2D eigenvalue weighted by Crippen LogP contribution is -1.96. The molecule has 0 unspecified atom stereocenters. The molecule has 0 radical (unpaired) electrons. The van der Waals surface area contributed by atoms with Gasteiger partial charge >= 0.3 is 0 Å². The van der Waals surface area contributed by atoms with E-state index in [0.29, 0.717) is 5.56 Å². The second-order valence-corrected chi connectivity index (χ2v) is 2.57. The first-order valence-electron chi connectivity index (χ1n) is 4.72. The van der Waals surface area contributed by atoms with Crippen molar-refractivity contribution >= 4 is 5.69 Å². The Bertz CT molecular complexity index is 272. The zero-order valence-electron chi connectivity index (χ0n) is 9.07. The van der Waals surface area contributed by atoms with Crippen molar-refractivity contribution in [3.05, 3.63) is 29.3 Å². The molecule has 0 fully saturated rings. The van der Waals surface area contributed by atoms with Gasteiger partial charge in [0.25, 0.3) is 6.43 Å². The van der Waals surface area contributed by atoms with Crippen LogP contribution in [0.3, 0.4) is 0 Å². The molecule has 1 N–H and O–H groups in total. The molecule has 0 atom stereocenters. The summed E-state index contributed by atoms with van der Waals surface area (Å²) < 4.78 is 24.6. The summed E-state index contributed by atoms with van der Waals surface area (Å²) in [5, 5.41) is 2.86. The minimum Gasteiger partial charge on any atom is -0.388 e. The number of nitrogens with one attached hydrogen (secondary N) is 1. The molecule has 3 heteroatoms. The molecule has 14 heavy (non-hydrogen) atoms. The summed E-state index contributed by atoms with van der Waals surface area (Å²) >= 11 is 0. The van der Waals surface area contributed by atoms with E-state index in [2.05, 4.69) is 5.32 Å². The molecule has 0 bridgehead atoms. The molecule has 0 aliphatic heterocycles. The van der Waals surface area contributed by atoms with E-state index in [4.69, 9.17) is 0 Å². The van der Waals surface area contributed by atoms with Crippen LogP contribution in [0, 0.1) is 6.92 Å². The van der Waals surface area contributed by atoms with Crippen molar-refractivity contribution in [1.29, 1.82) is 0 Å². The second-order valence-electron chi connectivity index (χ2n) is 2.57. The summed E-state index contributed by atoms with van der Waals surface area (Å²) in [6.45, 7) is 5.69. The number of rotatable bonds is 2. The zero-order chi connectivity index (χ0) is 11.1. The lowest BCUT2D eigenvalue weighted by Gasteiger charge is -2.09. The van der Waals surface area contributed by atoms with Crippen molar-refractivity contribution in [3.63, 3.8) is 0 Å². The van der Waals surface area contributed by atoms with Crippen molar-refractivity contribution in [2.75, 3.05) is 12.4 Å². The van der Waals surface area contributed by atoms with Crippen LogP contribution in [0.4, 0.5) is 14.5 Å². The van der Waals surface area contributed by atoms with Gasteiger partial charge in [0.15, 0.2) is 0 Å². The topological polar surface area (TPSA) is 12.0 Å². The van der Waals surface area contributed by atoms with Gasteiger partial charge in [0.1, 0.15) is 0 Å². The highest BCUT2D eigenvalue weighted by molar-refractivity contribution is 5.53. The Labute approximate surface area is 84.1 Å². The highest BCUT2D eigenvalue weighted by Crippen LogP contribution is 2.26. The Morgan fingerprint density at radius 2 is 1.79 bits per heavy atom. The second kappa shape index (κ2) is 6.35. The monoisotopic (exact) mass is 201 g/mol. The van der Waals surface area contributed by atoms with E-state index in [1.54, 1.807) is 26.1 Å². The van der Waals surface area contributed by atoms with E-state index in [0.717, 1.165) is 5.69 Å². The fourth-order valence-corrected chi connectivity index (χ4v) is 1.16. The molecule has 0 saturated carbocycles. The molecule has 80 valence electrons. The molecule has 0 aromatic heterocycles. The lowest BCUT2D eigenvalue weighted by atomic mass is 10.1. The maximum atomic E-state index is 12.3. The molecule has 1 nitrogen and oxygen atoms in total. The Balaban J connectivity index is 0.000000791. The first-order chi connectivity index (χ1) is 6.66. The number of halogens is 2. The number of anilines is 1. The Morgan fingerprint density at radius 1 is 1.21 bits per heavy atom. The van der Waals surface area contributed by atoms with Gasteiger partial charge in [0.05, 0.1) is 0 Å². The predicted octanol–water partition coefficient (Wildman–Crippen LogP) is 4.00. The third-order valence-corrected chi connectivity index (χ3v) is 1.88. The maximum Gasteiger partial charge on any atom is 0.264 e. The van der Waals surface area contributed by atoms with Crippen molar-refractivity contribution < 1.29 is 8.78 Å². The summed E-state index contributed by atoms with van der Waals surface area (Å²) in [7, 11) is 1.72. The van der Waals surface area contributed by atoms with E-state index < -0.39 is 6.43 Å². The minimum absolute atomic E-state index is 0.0989. The van der Waals surface area contributed by atoms with Gasteiger partial charge < -0.3 is 5.32 Å². The van der Waals surface area contributed by atoms with E-state index in [-0.39, 0.29) is 5.56 Å². The van der Waals surface area contributed by atoms with Crippen molar-refractivity contribution in [2.24, 2.45) is 0 Å². The first-order valence-corrected chi connectivity index (χ1v) is 4.72. The largest absolute Gasteiger partial charge is 0.388 e. The van der Waals surface area contributed by atoms with Gasteiger partial charge in [-0.15, -0.1) is 0 Å². The number of alkyl halides is 2. The quantitative estimate of drug-likeness (QED) is 0.762. The van der Waals surface area contributed by atoms with Crippen LogP contribution in [0.1, 0.15) is 31.4 Å². The summed E-state index contributed by atoms with van der Waals surface area (Å²) in [6, 6.07) is 4.85. The zero-order valence-corrected chi connectivity index (χ0v) is 9.07. The first kappa shape index (κ1) is 12.9. The summed E-state index contributed by atoms with van der Waals surface area (Å²) in [5.74, 6) is 0. The number of hydrogen-bond donors (Lipinski definition) is 1. The lowest BCUT2D eigenvalue weighted by molar-refractivity contribution is 0.150. The molecule has 1 aromatic rings. The van der Waals surface area contributed by atoms with Crippen molar-refractivity contribution in [1.82, 2.24) is 0 Å². The molecular weight excluding hydrogens is 184 g/mol. The fraction of sp³-hybridized carbons (Fsp3) is 0.455. The summed E-state index contributed by atoms with van der Waals surface area (Å²) in [6.07, 6.45) is -2.39. The van der Waals surface area contributed by atoms with Crippen LogP contribution >= 0.6 is 0 Å². The van der Waals surface area contributed by atoms with Gasteiger partial charge in [-0.05, 0) is 18.6 Å². The van der Waals surface area contributed by atoms with Crippen LogP contribution in [0.25, 0.3) is 0 Å². The molecule has 0 aliphatic rings. The smallest absolute Gasteiger partial charge is 0.264 e. The van der Waals surface area contributed by atoms with Gasteiger partial charge in [0.2, 0.25) is 0 Å². The highest BCUT2D eigenvalue weighted by atomic mass is 19.3. The van der Waals surface area contributed by atoms with Gasteiger partial charge in [-0.1, -0.05) is 26.0 Å². The molecule has 0 spiro atoms. The van der Waals surface area contributed by atoms with Gasteiger partial charge in [0, 0.05) is 18.3 Å². The minimum atomic E-state index is -2.39. The van der Waals surface area contributed by atoms with Crippen LogP contribution in [-0.2, 0) is 0 Å². The molecule has 0 heterocycles. The third kappa shape index (κ3) is 2.98. The normalized spacial score (nSPS) is 9.36. The average molecular weight is 201 g/mol. The summed E-state index contributed by atoms with van der Waals surface area (Å²) in [4.78, 5) is 0. The summed E-state index contributed by atoms with van der Waals surface area (Å²) in [5.41, 5.74) is 1.48. The Hall–Kier alpha value is -1.12. The van der Waals surface area contributed by atoms with Gasteiger partial charge in [-0.3, -0.25) is 0 Å².